The number of nitrogens with zero attached hydrogens (tertiary/aromatic N) is 1. The minimum absolute atomic E-state index is 0.00936. The molecule has 7 nitrogen and oxygen atoms in total. The van der Waals surface area contributed by atoms with Crippen molar-refractivity contribution in [1.29, 1.82) is 0 Å². The highest BCUT2D eigenvalue weighted by atomic mass is 32.2. The summed E-state index contributed by atoms with van der Waals surface area (Å²) in [6.07, 6.45) is -1.59. The van der Waals surface area contributed by atoms with E-state index in [1.807, 2.05) is 0 Å². The maximum atomic E-state index is 13.4. The van der Waals surface area contributed by atoms with Gasteiger partial charge in [-0.05, 0) is 63.1 Å². The molecule has 0 bridgehead atoms. The molecule has 0 saturated carbocycles. The second kappa shape index (κ2) is 9.01. The maximum absolute atomic E-state index is 13.4. The Kier molecular flexibility index (Phi) is 7.10. The molecule has 0 aliphatic rings. The number of likely N-dealkylation sites (N-methyl/N-ethyl adjacent to an activating group) is 1. The van der Waals surface area contributed by atoms with Crippen LogP contribution in [0.2, 0.25) is 0 Å². The molecule has 0 aliphatic carbocycles. The predicted molar refractivity (Wildman–Crippen MR) is 109 cm³/mol. The van der Waals surface area contributed by atoms with Crippen LogP contribution in [-0.4, -0.2) is 43.7 Å². The molecule has 2 rings (SSSR count). The molecule has 2 aromatic rings. The Balaban J connectivity index is 2.07. The lowest BCUT2D eigenvalue weighted by molar-refractivity contribution is 0.0205. The van der Waals surface area contributed by atoms with Crippen molar-refractivity contribution in [3.8, 4) is 5.75 Å². The quantitative estimate of drug-likeness (QED) is 0.688. The molecule has 0 fully saturated rings. The van der Waals surface area contributed by atoms with Gasteiger partial charge in [-0.3, -0.25) is 0 Å². The Morgan fingerprint density at radius 1 is 1.17 bits per heavy atom. The molecule has 1 amide bonds. The van der Waals surface area contributed by atoms with Crippen molar-refractivity contribution < 1.29 is 31.6 Å². The summed E-state index contributed by atoms with van der Waals surface area (Å²) in [4.78, 5) is 13.0. The van der Waals surface area contributed by atoms with E-state index in [1.54, 1.807) is 20.8 Å². The van der Waals surface area contributed by atoms with Gasteiger partial charge in [0.25, 0.3) is 0 Å². The molecular formula is C21H26FNO6S. The van der Waals surface area contributed by atoms with Crippen LogP contribution < -0.4 is 4.18 Å². The van der Waals surface area contributed by atoms with Gasteiger partial charge >= 0.3 is 16.2 Å². The van der Waals surface area contributed by atoms with Crippen LogP contribution in [-0.2, 0) is 14.9 Å². The average Bonchev–Trinajstić information content (AvgIpc) is 2.62. The molecule has 0 heterocycles. The van der Waals surface area contributed by atoms with Crippen LogP contribution in [0.25, 0.3) is 0 Å². The molecule has 2 aromatic carbocycles. The van der Waals surface area contributed by atoms with Crippen LogP contribution in [0, 0.1) is 12.7 Å². The summed E-state index contributed by atoms with van der Waals surface area (Å²) in [6, 6.07) is 9.13. The second-order valence-electron chi connectivity index (χ2n) is 7.89. The summed E-state index contributed by atoms with van der Waals surface area (Å²) in [5.41, 5.74) is 0.159. The van der Waals surface area contributed by atoms with Gasteiger partial charge in [-0.1, -0.05) is 18.2 Å². The zero-order chi connectivity index (χ0) is 22.7. The van der Waals surface area contributed by atoms with Gasteiger partial charge in [-0.2, -0.15) is 8.42 Å². The first-order valence-corrected chi connectivity index (χ1v) is 10.6. The first-order valence-electron chi connectivity index (χ1n) is 9.21. The molecule has 0 radical (unpaired) electrons. The molecule has 164 valence electrons. The van der Waals surface area contributed by atoms with Crippen molar-refractivity contribution in [3.05, 3.63) is 59.4 Å². The summed E-state index contributed by atoms with van der Waals surface area (Å²) < 4.78 is 48.6. The van der Waals surface area contributed by atoms with E-state index >= 15 is 0 Å². The molecule has 30 heavy (non-hydrogen) atoms. The third kappa shape index (κ3) is 6.43. The van der Waals surface area contributed by atoms with E-state index in [0.29, 0.717) is 11.1 Å². The van der Waals surface area contributed by atoms with E-state index in [1.165, 1.54) is 55.3 Å². The van der Waals surface area contributed by atoms with Gasteiger partial charge in [0.15, 0.2) is 0 Å². The number of carbonyl (C=O) groups excluding carboxylic acids is 1. The van der Waals surface area contributed by atoms with Gasteiger partial charge < -0.3 is 18.9 Å². The van der Waals surface area contributed by atoms with Gasteiger partial charge in [-0.25, -0.2) is 9.18 Å². The number of hydrogen-bond acceptors (Lipinski definition) is 6. The highest BCUT2D eigenvalue weighted by Crippen LogP contribution is 2.24. The zero-order valence-corrected chi connectivity index (χ0v) is 18.4. The smallest absolute Gasteiger partial charge is 0.410 e. The van der Waals surface area contributed by atoms with Crippen molar-refractivity contribution in [1.82, 2.24) is 4.90 Å². The zero-order valence-electron chi connectivity index (χ0n) is 17.5. The van der Waals surface area contributed by atoms with Crippen molar-refractivity contribution >= 4 is 16.2 Å². The van der Waals surface area contributed by atoms with Crippen LogP contribution in [0.4, 0.5) is 9.18 Å². The van der Waals surface area contributed by atoms with E-state index < -0.39 is 33.7 Å². The monoisotopic (exact) mass is 439 g/mol. The Morgan fingerprint density at radius 3 is 2.33 bits per heavy atom. The normalized spacial score (nSPS) is 12.9. The lowest BCUT2D eigenvalue weighted by Crippen LogP contribution is -2.36. The van der Waals surface area contributed by atoms with Crippen LogP contribution in [0.3, 0.4) is 0 Å². The summed E-state index contributed by atoms with van der Waals surface area (Å²) in [5, 5.41) is 10.4. The minimum Gasteiger partial charge on any atom is -0.444 e. The third-order valence-electron chi connectivity index (χ3n) is 4.04. The summed E-state index contributed by atoms with van der Waals surface area (Å²) >= 11 is 0. The molecule has 0 spiro atoms. The van der Waals surface area contributed by atoms with Crippen molar-refractivity contribution in [2.24, 2.45) is 0 Å². The Labute approximate surface area is 176 Å². The molecule has 1 atom stereocenters. The number of halogens is 1. The van der Waals surface area contributed by atoms with Crippen molar-refractivity contribution in [2.45, 2.75) is 44.3 Å². The van der Waals surface area contributed by atoms with E-state index in [4.69, 9.17) is 8.92 Å². The Bertz CT molecular complexity index is 999. The third-order valence-corrected chi connectivity index (χ3v) is 5.43. The van der Waals surface area contributed by atoms with Gasteiger partial charge in [0.2, 0.25) is 0 Å². The SMILES string of the molecule is Cc1ccc(F)cc1S(=O)(=O)Oc1ccc(C(O)CN(C)C(=O)OC(C)(C)C)cc1. The predicted octanol–water partition coefficient (Wildman–Crippen LogP) is 3.80. The van der Waals surface area contributed by atoms with E-state index in [9.17, 15) is 22.7 Å². The summed E-state index contributed by atoms with van der Waals surface area (Å²) in [5.74, 6) is -0.675. The minimum atomic E-state index is -4.22. The number of hydrogen-bond donors (Lipinski definition) is 1. The molecule has 9 heteroatoms. The van der Waals surface area contributed by atoms with Crippen LogP contribution in [0.1, 0.15) is 38.0 Å². The number of aryl methyl sites for hydroxylation is 1. The van der Waals surface area contributed by atoms with E-state index in [2.05, 4.69) is 0 Å². The van der Waals surface area contributed by atoms with Gasteiger partial charge in [0.1, 0.15) is 22.1 Å². The fraction of sp³-hybridized carbons (Fsp3) is 0.381. The fourth-order valence-corrected chi connectivity index (χ4v) is 3.71. The number of aliphatic hydroxyl groups excluding tert-OH is 1. The summed E-state index contributed by atoms with van der Waals surface area (Å²) in [7, 11) is -2.72. The summed E-state index contributed by atoms with van der Waals surface area (Å²) in [6.45, 7) is 6.75. The number of rotatable bonds is 6. The Hall–Kier alpha value is -2.65. The number of carbonyl (C=O) groups is 1. The van der Waals surface area contributed by atoms with E-state index in [-0.39, 0.29) is 17.2 Å². The topological polar surface area (TPSA) is 93.1 Å². The van der Waals surface area contributed by atoms with E-state index in [0.717, 1.165) is 6.07 Å². The Morgan fingerprint density at radius 2 is 1.77 bits per heavy atom. The lowest BCUT2D eigenvalue weighted by Gasteiger charge is -2.26. The average molecular weight is 440 g/mol. The lowest BCUT2D eigenvalue weighted by atomic mass is 10.1. The van der Waals surface area contributed by atoms with Crippen LogP contribution in [0.15, 0.2) is 47.4 Å². The standard InChI is InChI=1S/C21H26FNO6S/c1-14-6-9-16(22)12-19(14)30(26,27)29-17-10-7-15(8-11-17)18(24)13-23(5)20(25)28-21(2,3)4/h6-12,18,24H,13H2,1-5H3. The number of aliphatic hydroxyl groups is 1. The van der Waals surface area contributed by atoms with Crippen LogP contribution in [0.5, 0.6) is 5.75 Å². The van der Waals surface area contributed by atoms with Crippen LogP contribution >= 0.6 is 0 Å². The molecule has 0 aliphatic heterocycles. The second-order valence-corrected chi connectivity index (χ2v) is 9.41. The number of benzene rings is 2. The number of amides is 1. The highest BCUT2D eigenvalue weighted by Gasteiger charge is 2.23. The van der Waals surface area contributed by atoms with Gasteiger partial charge in [0, 0.05) is 7.05 Å². The highest BCUT2D eigenvalue weighted by molar-refractivity contribution is 7.87. The molecule has 0 saturated heterocycles. The van der Waals surface area contributed by atoms with Crippen molar-refractivity contribution in [3.63, 3.8) is 0 Å². The van der Waals surface area contributed by atoms with Gasteiger partial charge in [-0.15, -0.1) is 0 Å². The molecule has 1 unspecified atom stereocenters. The molecule has 0 aromatic heterocycles. The first kappa shape index (κ1) is 23.6. The van der Waals surface area contributed by atoms with Gasteiger partial charge in [0.05, 0.1) is 12.6 Å². The van der Waals surface area contributed by atoms with Crippen molar-refractivity contribution in [2.75, 3.05) is 13.6 Å². The fourth-order valence-electron chi connectivity index (χ4n) is 2.54. The largest absolute Gasteiger partial charge is 0.444 e. The number of ether oxygens (including phenoxy) is 1. The molecule has 1 N–H and O–H groups in total. The first-order chi connectivity index (χ1) is 13.8. The maximum Gasteiger partial charge on any atom is 0.410 e. The molecular weight excluding hydrogens is 413 g/mol.